The van der Waals surface area contributed by atoms with Crippen LogP contribution in [-0.4, -0.2) is 28.7 Å². The first-order valence-corrected chi connectivity index (χ1v) is 9.12. The molecule has 6 nitrogen and oxygen atoms in total. The summed E-state index contributed by atoms with van der Waals surface area (Å²) in [7, 11) is 0. The second-order valence-electron chi connectivity index (χ2n) is 7.49. The van der Waals surface area contributed by atoms with Gasteiger partial charge in [0, 0.05) is 17.3 Å². The third-order valence-electron chi connectivity index (χ3n) is 6.04. The number of hydrogen-bond acceptors (Lipinski definition) is 4. The summed E-state index contributed by atoms with van der Waals surface area (Å²) in [5.74, 6) is -2.02. The van der Waals surface area contributed by atoms with E-state index in [4.69, 9.17) is 0 Å². The van der Waals surface area contributed by atoms with Crippen molar-refractivity contribution in [1.82, 2.24) is 10.2 Å². The van der Waals surface area contributed by atoms with Crippen molar-refractivity contribution in [3.63, 3.8) is 0 Å². The van der Waals surface area contributed by atoms with Crippen LogP contribution in [0, 0.1) is 11.8 Å². The van der Waals surface area contributed by atoms with Crippen LogP contribution in [0.4, 0.5) is 5.69 Å². The predicted molar refractivity (Wildman–Crippen MR) is 98.3 cm³/mol. The lowest BCUT2D eigenvalue weighted by molar-refractivity contribution is -0.143. The Hall–Kier alpha value is -2.99. The number of hydrogen-bond donors (Lipinski definition) is 2. The van der Waals surface area contributed by atoms with E-state index in [1.165, 1.54) is 4.90 Å². The third-order valence-corrected chi connectivity index (χ3v) is 6.04. The van der Waals surface area contributed by atoms with Gasteiger partial charge in [-0.2, -0.15) is 0 Å². The molecule has 2 fully saturated rings. The van der Waals surface area contributed by atoms with Crippen molar-refractivity contribution in [2.75, 3.05) is 5.32 Å². The predicted octanol–water partition coefficient (Wildman–Crippen LogP) is 1.63. The summed E-state index contributed by atoms with van der Waals surface area (Å²) in [6.07, 6.45) is 0. The van der Waals surface area contributed by atoms with Crippen molar-refractivity contribution >= 4 is 23.4 Å². The van der Waals surface area contributed by atoms with Crippen LogP contribution in [0.15, 0.2) is 54.6 Å². The molecule has 2 aromatic carbocycles. The van der Waals surface area contributed by atoms with Crippen LogP contribution in [0.5, 0.6) is 0 Å². The first kappa shape index (κ1) is 16.2. The molecule has 0 unspecified atom stereocenters. The van der Waals surface area contributed by atoms with Crippen LogP contribution >= 0.6 is 0 Å². The monoisotopic (exact) mass is 361 g/mol. The first-order chi connectivity index (χ1) is 13.0. The van der Waals surface area contributed by atoms with E-state index in [1.54, 1.807) is 0 Å². The van der Waals surface area contributed by atoms with Crippen molar-refractivity contribution in [2.24, 2.45) is 11.8 Å². The van der Waals surface area contributed by atoms with Gasteiger partial charge in [-0.1, -0.05) is 48.5 Å². The Kier molecular flexibility index (Phi) is 3.30. The van der Waals surface area contributed by atoms with Crippen molar-refractivity contribution in [3.8, 4) is 0 Å². The highest BCUT2D eigenvalue weighted by molar-refractivity contribution is 6.15. The molecule has 3 aliphatic heterocycles. The largest absolute Gasteiger partial charge is 0.324 e. The summed E-state index contributed by atoms with van der Waals surface area (Å²) in [6, 6.07) is 16.5. The molecule has 0 aliphatic carbocycles. The summed E-state index contributed by atoms with van der Waals surface area (Å²) < 4.78 is 0. The number of likely N-dealkylation sites (tertiary alicyclic amines) is 1. The summed E-state index contributed by atoms with van der Waals surface area (Å²) >= 11 is 0. The minimum Gasteiger partial charge on any atom is -0.324 e. The molecular formula is C21H19N3O3. The van der Waals surface area contributed by atoms with E-state index in [2.05, 4.69) is 10.6 Å². The number of imide groups is 1. The van der Waals surface area contributed by atoms with Crippen molar-refractivity contribution in [3.05, 3.63) is 65.7 Å². The molecule has 2 saturated heterocycles. The zero-order valence-corrected chi connectivity index (χ0v) is 14.8. The minimum atomic E-state index is -1.18. The average Bonchev–Trinajstić information content (AvgIpc) is 3.23. The molecule has 3 aliphatic rings. The molecule has 1 spiro atoms. The number of amides is 3. The standard InChI is InChI=1S/C21H19N3O3/c1-12-16-17(19(26)24(18(16)25)11-13-7-3-2-4-8-13)21(23-12)14-9-5-6-10-15(14)22-20(21)27/h2-10,12,16-17,23H,11H2,1H3,(H,22,27)/t12-,16+,17+,21+/m0/s1. The van der Waals surface area contributed by atoms with Crippen LogP contribution in [-0.2, 0) is 26.5 Å². The maximum Gasteiger partial charge on any atom is 0.250 e. The fourth-order valence-electron chi connectivity index (χ4n) is 4.90. The van der Waals surface area contributed by atoms with Crippen molar-refractivity contribution in [2.45, 2.75) is 25.0 Å². The van der Waals surface area contributed by atoms with Gasteiger partial charge in [0.05, 0.1) is 18.4 Å². The highest BCUT2D eigenvalue weighted by atomic mass is 16.2. The van der Waals surface area contributed by atoms with Gasteiger partial charge in [-0.15, -0.1) is 0 Å². The van der Waals surface area contributed by atoms with Crippen LogP contribution in [0.2, 0.25) is 0 Å². The fraction of sp³-hybridized carbons (Fsp3) is 0.286. The van der Waals surface area contributed by atoms with Gasteiger partial charge in [0.1, 0.15) is 5.54 Å². The normalized spacial score (nSPS) is 31.4. The van der Waals surface area contributed by atoms with E-state index in [0.29, 0.717) is 5.69 Å². The van der Waals surface area contributed by atoms with Crippen LogP contribution in [0.25, 0.3) is 0 Å². The SMILES string of the molecule is C[C@@H]1N[C@@]2(C(=O)Nc3ccccc32)[C@H]2C(=O)N(Cc3ccccc3)C(=O)[C@H]12. The molecule has 5 rings (SSSR count). The Morgan fingerprint density at radius 2 is 1.67 bits per heavy atom. The van der Waals surface area contributed by atoms with Gasteiger partial charge in [0.25, 0.3) is 0 Å². The maximum absolute atomic E-state index is 13.3. The summed E-state index contributed by atoms with van der Waals surface area (Å²) in [4.78, 5) is 40.8. The highest BCUT2D eigenvalue weighted by Gasteiger charge is 2.69. The number of benzene rings is 2. The molecule has 136 valence electrons. The number of nitrogens with zero attached hydrogens (tertiary/aromatic N) is 1. The van der Waals surface area contributed by atoms with Crippen molar-refractivity contribution in [1.29, 1.82) is 0 Å². The maximum atomic E-state index is 13.3. The number of para-hydroxylation sites is 1. The Balaban J connectivity index is 1.59. The summed E-state index contributed by atoms with van der Waals surface area (Å²) in [5, 5.41) is 6.18. The molecule has 0 bridgehead atoms. The lowest BCUT2D eigenvalue weighted by atomic mass is 9.76. The smallest absolute Gasteiger partial charge is 0.250 e. The zero-order valence-electron chi connectivity index (χ0n) is 14.8. The topological polar surface area (TPSA) is 78.5 Å². The molecule has 0 saturated carbocycles. The fourth-order valence-corrected chi connectivity index (χ4v) is 4.90. The highest BCUT2D eigenvalue weighted by Crippen LogP contribution is 2.52. The molecule has 27 heavy (non-hydrogen) atoms. The lowest BCUT2D eigenvalue weighted by Crippen LogP contribution is -2.52. The van der Waals surface area contributed by atoms with Gasteiger partial charge in [-0.3, -0.25) is 24.6 Å². The number of fused-ring (bicyclic) bond motifs is 4. The van der Waals surface area contributed by atoms with Gasteiger partial charge in [0.15, 0.2) is 0 Å². The quantitative estimate of drug-likeness (QED) is 0.797. The van der Waals surface area contributed by atoms with Crippen LogP contribution < -0.4 is 10.6 Å². The molecule has 2 N–H and O–H groups in total. The second-order valence-corrected chi connectivity index (χ2v) is 7.49. The van der Waals surface area contributed by atoms with Crippen LogP contribution in [0.1, 0.15) is 18.1 Å². The number of nitrogens with one attached hydrogen (secondary N) is 2. The van der Waals surface area contributed by atoms with Gasteiger partial charge in [0.2, 0.25) is 17.7 Å². The number of carbonyl (C=O) groups is 3. The molecular weight excluding hydrogens is 342 g/mol. The summed E-state index contributed by atoms with van der Waals surface area (Å²) in [6.45, 7) is 2.11. The van der Waals surface area contributed by atoms with E-state index in [1.807, 2.05) is 61.5 Å². The molecule has 6 heteroatoms. The van der Waals surface area contributed by atoms with Gasteiger partial charge >= 0.3 is 0 Å². The minimum absolute atomic E-state index is 0.206. The van der Waals surface area contributed by atoms with Crippen LogP contribution in [0.3, 0.4) is 0 Å². The van der Waals surface area contributed by atoms with E-state index >= 15 is 0 Å². The Labute approximate surface area is 156 Å². The van der Waals surface area contributed by atoms with Gasteiger partial charge < -0.3 is 5.32 Å². The number of anilines is 1. The second kappa shape index (κ2) is 5.50. The van der Waals surface area contributed by atoms with Gasteiger partial charge in [-0.05, 0) is 18.6 Å². The average molecular weight is 361 g/mol. The van der Waals surface area contributed by atoms with E-state index in [-0.39, 0.29) is 30.3 Å². The first-order valence-electron chi connectivity index (χ1n) is 9.12. The molecule has 3 amide bonds. The third kappa shape index (κ3) is 2.01. The molecule has 2 aromatic rings. The lowest BCUT2D eigenvalue weighted by Gasteiger charge is -2.29. The Bertz CT molecular complexity index is 974. The van der Waals surface area contributed by atoms with E-state index in [9.17, 15) is 14.4 Å². The van der Waals surface area contributed by atoms with E-state index < -0.39 is 17.4 Å². The molecule has 4 atom stereocenters. The van der Waals surface area contributed by atoms with Gasteiger partial charge in [-0.25, -0.2) is 0 Å². The Morgan fingerprint density at radius 1 is 0.963 bits per heavy atom. The Morgan fingerprint density at radius 3 is 2.44 bits per heavy atom. The molecule has 3 heterocycles. The van der Waals surface area contributed by atoms with E-state index in [0.717, 1.165) is 11.1 Å². The number of rotatable bonds is 2. The number of carbonyl (C=O) groups excluding carboxylic acids is 3. The van der Waals surface area contributed by atoms with Crippen molar-refractivity contribution < 1.29 is 14.4 Å². The zero-order chi connectivity index (χ0) is 18.8. The molecule has 0 radical (unpaired) electrons. The summed E-state index contributed by atoms with van der Waals surface area (Å²) in [5.41, 5.74) is 1.16. The molecule has 0 aromatic heterocycles.